The molecule has 0 saturated carbocycles. The van der Waals surface area contributed by atoms with Gasteiger partial charge in [0, 0.05) is 18.1 Å². The van der Waals surface area contributed by atoms with Crippen LogP contribution in [0.15, 0.2) is 18.2 Å². The Hall–Kier alpha value is -1.86. The average molecular weight is 283 g/mol. The Morgan fingerprint density at radius 3 is 2.81 bits per heavy atom. The average Bonchev–Trinajstić information content (AvgIpc) is 2.86. The number of fused-ring (bicyclic) bond motifs is 1. The Balaban J connectivity index is 2.19. The van der Waals surface area contributed by atoms with Crippen LogP contribution in [0.5, 0.6) is 0 Å². The van der Waals surface area contributed by atoms with Gasteiger partial charge in [0.25, 0.3) is 0 Å². The Morgan fingerprint density at radius 2 is 2.19 bits per heavy atom. The lowest BCUT2D eigenvalue weighted by Gasteiger charge is -2.29. The zero-order valence-electron chi connectivity index (χ0n) is 12.9. The highest BCUT2D eigenvalue weighted by molar-refractivity contribution is 5.78. The molecule has 1 aromatic carbocycles. The van der Waals surface area contributed by atoms with Gasteiger partial charge in [-0.3, -0.25) is 0 Å². The van der Waals surface area contributed by atoms with Crippen LogP contribution in [0.2, 0.25) is 0 Å². The molecule has 0 bridgehead atoms. The Morgan fingerprint density at radius 1 is 1.38 bits per heavy atom. The lowest BCUT2D eigenvalue weighted by atomic mass is 9.99. The van der Waals surface area contributed by atoms with E-state index in [1.54, 1.807) is 0 Å². The van der Waals surface area contributed by atoms with Crippen molar-refractivity contribution in [3.63, 3.8) is 0 Å². The summed E-state index contributed by atoms with van der Waals surface area (Å²) < 4.78 is 7.95. The molecular weight excluding hydrogens is 262 g/mol. The second-order valence-corrected chi connectivity index (χ2v) is 6.71. The third-order valence-electron chi connectivity index (χ3n) is 4.01. The summed E-state index contributed by atoms with van der Waals surface area (Å²) in [5.74, 6) is 1.43. The Labute approximate surface area is 125 Å². The van der Waals surface area contributed by atoms with Gasteiger partial charge in [0.05, 0.1) is 29.3 Å². The van der Waals surface area contributed by atoms with Crippen LogP contribution in [0, 0.1) is 11.3 Å². The van der Waals surface area contributed by atoms with Gasteiger partial charge in [0.2, 0.25) is 0 Å². The smallest absolute Gasteiger partial charge is 0.115 e. The minimum absolute atomic E-state index is 0.0459. The molecule has 21 heavy (non-hydrogen) atoms. The third kappa shape index (κ3) is 2.54. The van der Waals surface area contributed by atoms with Crippen molar-refractivity contribution in [3.05, 3.63) is 29.6 Å². The minimum atomic E-state index is -0.0459. The quantitative estimate of drug-likeness (QED) is 0.804. The van der Waals surface area contributed by atoms with Crippen molar-refractivity contribution in [1.82, 2.24) is 9.55 Å². The molecule has 2 heterocycles. The van der Waals surface area contributed by atoms with Crippen molar-refractivity contribution in [2.45, 2.75) is 45.1 Å². The van der Waals surface area contributed by atoms with E-state index in [9.17, 15) is 0 Å². The highest BCUT2D eigenvalue weighted by Gasteiger charge is 2.28. The van der Waals surface area contributed by atoms with Crippen molar-refractivity contribution in [1.29, 1.82) is 5.26 Å². The van der Waals surface area contributed by atoms with Gasteiger partial charge < -0.3 is 9.30 Å². The highest BCUT2D eigenvalue weighted by atomic mass is 16.5. The fourth-order valence-electron chi connectivity index (χ4n) is 3.09. The van der Waals surface area contributed by atoms with Crippen LogP contribution in [0.25, 0.3) is 11.0 Å². The summed E-state index contributed by atoms with van der Waals surface area (Å²) in [7, 11) is 0. The molecule has 1 aliphatic heterocycles. The van der Waals surface area contributed by atoms with E-state index in [4.69, 9.17) is 15.0 Å². The van der Waals surface area contributed by atoms with Gasteiger partial charge in [0.15, 0.2) is 0 Å². The zero-order valence-corrected chi connectivity index (χ0v) is 12.9. The fraction of sp³-hybridized carbons (Fsp3) is 0.529. The van der Waals surface area contributed by atoms with E-state index in [1.807, 2.05) is 18.2 Å². The molecule has 1 saturated heterocycles. The minimum Gasteiger partial charge on any atom is -0.381 e. The van der Waals surface area contributed by atoms with Crippen LogP contribution < -0.4 is 0 Å². The van der Waals surface area contributed by atoms with Crippen LogP contribution in [0.4, 0.5) is 0 Å². The maximum atomic E-state index is 9.08. The van der Waals surface area contributed by atoms with E-state index >= 15 is 0 Å². The normalized spacial score (nSPS) is 19.6. The van der Waals surface area contributed by atoms with Crippen molar-refractivity contribution in [3.8, 4) is 6.07 Å². The van der Waals surface area contributed by atoms with E-state index in [2.05, 4.69) is 31.4 Å². The molecule has 2 aromatic rings. The van der Waals surface area contributed by atoms with Crippen molar-refractivity contribution in [2.75, 3.05) is 13.2 Å². The molecule has 110 valence electrons. The molecule has 4 heteroatoms. The van der Waals surface area contributed by atoms with E-state index in [0.29, 0.717) is 11.5 Å². The highest BCUT2D eigenvalue weighted by Crippen LogP contribution is 2.33. The molecule has 1 fully saturated rings. The fourth-order valence-corrected chi connectivity index (χ4v) is 3.09. The summed E-state index contributed by atoms with van der Waals surface area (Å²) in [5, 5.41) is 9.08. The van der Waals surface area contributed by atoms with E-state index in [0.717, 1.165) is 42.9 Å². The van der Waals surface area contributed by atoms with Gasteiger partial charge in [-0.1, -0.05) is 0 Å². The molecule has 1 aromatic heterocycles. The topological polar surface area (TPSA) is 50.8 Å². The van der Waals surface area contributed by atoms with Crippen molar-refractivity contribution < 1.29 is 4.74 Å². The number of hydrogen-bond donors (Lipinski definition) is 0. The predicted molar refractivity (Wildman–Crippen MR) is 82.2 cm³/mol. The number of rotatable bonds is 1. The Bertz CT molecular complexity index is 697. The molecule has 0 N–H and O–H groups in total. The molecule has 0 radical (unpaired) electrons. The third-order valence-corrected chi connectivity index (χ3v) is 4.01. The predicted octanol–water partition coefficient (Wildman–Crippen LogP) is 3.56. The SMILES string of the molecule is CC(C)(C)n1c(C2CCCOC2)nc2cc(C#N)ccc21. The number of nitrogens with zero attached hydrogens (tertiary/aromatic N) is 3. The van der Waals surface area contributed by atoms with Crippen molar-refractivity contribution in [2.24, 2.45) is 0 Å². The first kappa shape index (κ1) is 14.1. The molecule has 0 spiro atoms. The lowest BCUT2D eigenvalue weighted by molar-refractivity contribution is 0.0760. The summed E-state index contributed by atoms with van der Waals surface area (Å²) in [5.41, 5.74) is 2.62. The molecule has 1 unspecified atom stereocenters. The van der Waals surface area contributed by atoms with Gasteiger partial charge >= 0.3 is 0 Å². The van der Waals surface area contributed by atoms with Gasteiger partial charge in [-0.05, 0) is 51.8 Å². The molecule has 1 atom stereocenters. The van der Waals surface area contributed by atoms with Crippen LogP contribution in [-0.4, -0.2) is 22.8 Å². The molecular formula is C17H21N3O. The van der Waals surface area contributed by atoms with E-state index < -0.39 is 0 Å². The molecule has 3 rings (SSSR count). The largest absolute Gasteiger partial charge is 0.381 e. The van der Waals surface area contributed by atoms with Crippen LogP contribution in [0.1, 0.15) is 50.9 Å². The number of hydrogen-bond acceptors (Lipinski definition) is 3. The first-order valence-corrected chi connectivity index (χ1v) is 7.51. The van der Waals surface area contributed by atoms with Gasteiger partial charge in [-0.25, -0.2) is 4.98 Å². The number of ether oxygens (including phenoxy) is 1. The molecule has 4 nitrogen and oxygen atoms in total. The summed E-state index contributed by atoms with van der Waals surface area (Å²) in [4.78, 5) is 4.84. The summed E-state index contributed by atoms with van der Waals surface area (Å²) in [6.45, 7) is 8.17. The molecule has 0 aliphatic carbocycles. The lowest BCUT2D eigenvalue weighted by Crippen LogP contribution is -2.28. The Kier molecular flexibility index (Phi) is 3.46. The van der Waals surface area contributed by atoms with Crippen molar-refractivity contribution >= 4 is 11.0 Å². The second-order valence-electron chi connectivity index (χ2n) is 6.71. The van der Waals surface area contributed by atoms with E-state index in [-0.39, 0.29) is 5.54 Å². The van der Waals surface area contributed by atoms with Crippen LogP contribution in [0.3, 0.4) is 0 Å². The molecule has 1 aliphatic rings. The summed E-state index contributed by atoms with van der Waals surface area (Å²) >= 11 is 0. The maximum Gasteiger partial charge on any atom is 0.115 e. The number of imidazole rings is 1. The van der Waals surface area contributed by atoms with E-state index in [1.165, 1.54) is 0 Å². The second kappa shape index (κ2) is 5.16. The van der Waals surface area contributed by atoms with Gasteiger partial charge in [-0.15, -0.1) is 0 Å². The monoisotopic (exact) mass is 283 g/mol. The maximum absolute atomic E-state index is 9.08. The number of nitriles is 1. The number of benzene rings is 1. The van der Waals surface area contributed by atoms with Crippen LogP contribution >= 0.6 is 0 Å². The zero-order chi connectivity index (χ0) is 15.0. The summed E-state index contributed by atoms with van der Waals surface area (Å²) in [6.07, 6.45) is 2.20. The number of aromatic nitrogens is 2. The molecule has 0 amide bonds. The first-order valence-electron chi connectivity index (χ1n) is 7.51. The first-order chi connectivity index (χ1) is 10.0. The van der Waals surface area contributed by atoms with Crippen LogP contribution in [-0.2, 0) is 10.3 Å². The van der Waals surface area contributed by atoms with Gasteiger partial charge in [0.1, 0.15) is 5.82 Å². The van der Waals surface area contributed by atoms with Gasteiger partial charge in [-0.2, -0.15) is 5.26 Å². The standard InChI is InChI=1S/C17H21N3O/c1-17(2,3)20-15-7-6-12(10-18)9-14(15)19-16(20)13-5-4-8-21-11-13/h6-7,9,13H,4-5,8,11H2,1-3H3. The summed E-state index contributed by atoms with van der Waals surface area (Å²) in [6, 6.07) is 7.95.